The van der Waals surface area contributed by atoms with Gasteiger partial charge < -0.3 is 9.64 Å². The molecule has 0 saturated carbocycles. The van der Waals surface area contributed by atoms with Crippen LogP contribution < -0.4 is 9.64 Å². The first kappa shape index (κ1) is 15.6. The van der Waals surface area contributed by atoms with Crippen molar-refractivity contribution in [1.82, 2.24) is 15.0 Å². The first-order chi connectivity index (χ1) is 10.7. The third-order valence-corrected chi connectivity index (χ3v) is 4.50. The molecule has 8 heteroatoms. The van der Waals surface area contributed by atoms with Crippen molar-refractivity contribution in [3.8, 4) is 5.88 Å². The van der Waals surface area contributed by atoms with E-state index in [0.717, 1.165) is 25.9 Å². The Hall–Kier alpha value is -1.34. The van der Waals surface area contributed by atoms with Crippen molar-refractivity contribution >= 4 is 40.1 Å². The van der Waals surface area contributed by atoms with Crippen molar-refractivity contribution < 1.29 is 9.13 Å². The quantitative estimate of drug-likeness (QED) is 0.483. The Morgan fingerprint density at radius 2 is 1.91 bits per heavy atom. The second-order valence-corrected chi connectivity index (χ2v) is 6.16. The van der Waals surface area contributed by atoms with Gasteiger partial charge in [-0.05, 0) is 25.5 Å². The van der Waals surface area contributed by atoms with Gasteiger partial charge in [0, 0.05) is 13.1 Å². The average molecular weight is 343 g/mol. The molecule has 3 rings (SSSR count). The Bertz CT molecular complexity index is 709. The number of hydrogen-bond donors (Lipinski definition) is 0. The lowest BCUT2D eigenvalue weighted by Crippen LogP contribution is -2.30. The molecule has 0 aliphatic carbocycles. The second kappa shape index (κ2) is 6.42. The van der Waals surface area contributed by atoms with E-state index in [4.69, 9.17) is 16.3 Å². The van der Waals surface area contributed by atoms with Gasteiger partial charge >= 0.3 is 0 Å². The molecule has 1 aliphatic rings. The normalized spacial score (nSPS) is 15.4. The van der Waals surface area contributed by atoms with E-state index in [9.17, 15) is 4.39 Å². The Labute approximate surface area is 137 Å². The maximum Gasteiger partial charge on any atom is 0.228 e. The molecular formula is C14H16ClFN4OS. The van der Waals surface area contributed by atoms with Crippen molar-refractivity contribution in [3.05, 3.63) is 11.0 Å². The van der Waals surface area contributed by atoms with Gasteiger partial charge in [0.05, 0.1) is 7.11 Å². The zero-order valence-electron chi connectivity index (χ0n) is 12.4. The maximum absolute atomic E-state index is 14.4. The van der Waals surface area contributed by atoms with Crippen LogP contribution in [0.3, 0.4) is 0 Å². The van der Waals surface area contributed by atoms with Crippen molar-refractivity contribution in [1.29, 1.82) is 0 Å². The highest BCUT2D eigenvalue weighted by Gasteiger charge is 2.24. The minimum absolute atomic E-state index is 0.164. The third-order valence-electron chi connectivity index (χ3n) is 3.70. The molecule has 1 fully saturated rings. The van der Waals surface area contributed by atoms with Gasteiger partial charge in [-0.25, -0.2) is 14.4 Å². The van der Waals surface area contributed by atoms with E-state index in [0.29, 0.717) is 16.4 Å². The summed E-state index contributed by atoms with van der Waals surface area (Å²) in [5.74, 6) is 0.303. The Morgan fingerprint density at radius 3 is 2.55 bits per heavy atom. The molecule has 0 N–H and O–H groups in total. The molecule has 2 aromatic heterocycles. The molecule has 0 bridgehead atoms. The van der Waals surface area contributed by atoms with Crippen LogP contribution in [-0.4, -0.2) is 41.4 Å². The summed E-state index contributed by atoms with van der Waals surface area (Å²) in [7, 11) is 1.48. The van der Waals surface area contributed by atoms with Gasteiger partial charge in [-0.3, -0.25) is 0 Å². The lowest BCUT2D eigenvalue weighted by Gasteiger charge is -2.29. The first-order valence-electron chi connectivity index (χ1n) is 7.05. The summed E-state index contributed by atoms with van der Waals surface area (Å²) in [6.07, 6.45) is 5.24. The molecule has 1 saturated heterocycles. The van der Waals surface area contributed by atoms with Crippen molar-refractivity contribution in [2.45, 2.75) is 24.4 Å². The van der Waals surface area contributed by atoms with E-state index in [2.05, 4.69) is 19.9 Å². The number of halogens is 2. The zero-order chi connectivity index (χ0) is 15.7. The average Bonchev–Trinajstić information content (AvgIpc) is 2.57. The summed E-state index contributed by atoms with van der Waals surface area (Å²) in [5, 5.41) is 0.764. The molecule has 118 valence electrons. The van der Waals surface area contributed by atoms with Gasteiger partial charge in [-0.2, -0.15) is 4.98 Å². The number of aromatic nitrogens is 3. The van der Waals surface area contributed by atoms with Crippen LogP contribution in [0, 0.1) is 5.82 Å². The lowest BCUT2D eigenvalue weighted by molar-refractivity contribution is 0.401. The largest absolute Gasteiger partial charge is 0.480 e. The van der Waals surface area contributed by atoms with Gasteiger partial charge in [0.2, 0.25) is 5.88 Å². The van der Waals surface area contributed by atoms with Gasteiger partial charge in [0.25, 0.3) is 0 Å². The predicted molar refractivity (Wildman–Crippen MR) is 86.7 cm³/mol. The minimum atomic E-state index is -0.631. The van der Waals surface area contributed by atoms with Crippen LogP contribution in [0.15, 0.2) is 5.16 Å². The van der Waals surface area contributed by atoms with Crippen LogP contribution >= 0.6 is 23.4 Å². The number of nitrogens with zero attached hydrogens (tertiary/aromatic N) is 4. The molecule has 0 spiro atoms. The van der Waals surface area contributed by atoms with Crippen molar-refractivity contribution in [2.75, 3.05) is 31.4 Å². The van der Waals surface area contributed by atoms with E-state index >= 15 is 0 Å². The monoisotopic (exact) mass is 342 g/mol. The number of rotatable bonds is 3. The summed E-state index contributed by atoms with van der Waals surface area (Å²) >= 11 is 7.23. The van der Waals surface area contributed by atoms with Crippen LogP contribution in [-0.2, 0) is 0 Å². The van der Waals surface area contributed by atoms with Crippen LogP contribution in [0.5, 0.6) is 5.88 Å². The summed E-state index contributed by atoms with van der Waals surface area (Å²) < 4.78 is 19.7. The summed E-state index contributed by atoms with van der Waals surface area (Å²) in [6.45, 7) is 1.76. The number of piperidine rings is 1. The third kappa shape index (κ3) is 2.67. The predicted octanol–water partition coefficient (Wildman–Crippen LogP) is 3.54. The molecule has 3 heterocycles. The Balaban J connectivity index is 2.30. The highest BCUT2D eigenvalue weighted by Crippen LogP contribution is 2.36. The van der Waals surface area contributed by atoms with Crippen LogP contribution in [0.2, 0.25) is 5.15 Å². The molecule has 22 heavy (non-hydrogen) atoms. The smallest absolute Gasteiger partial charge is 0.228 e. The fraction of sp³-hybridized carbons (Fsp3) is 0.500. The molecule has 0 aromatic carbocycles. The highest BCUT2D eigenvalue weighted by atomic mass is 35.5. The van der Waals surface area contributed by atoms with E-state index < -0.39 is 5.82 Å². The van der Waals surface area contributed by atoms with Crippen LogP contribution in [0.25, 0.3) is 10.9 Å². The van der Waals surface area contributed by atoms with E-state index in [1.807, 2.05) is 6.26 Å². The number of fused-ring (bicyclic) bond motifs is 1. The topological polar surface area (TPSA) is 51.1 Å². The lowest BCUT2D eigenvalue weighted by atomic mass is 10.1. The molecular weight excluding hydrogens is 327 g/mol. The van der Waals surface area contributed by atoms with Gasteiger partial charge in [-0.15, -0.1) is 0 Å². The second-order valence-electron chi connectivity index (χ2n) is 5.03. The Morgan fingerprint density at radius 1 is 1.18 bits per heavy atom. The van der Waals surface area contributed by atoms with E-state index in [1.54, 1.807) is 0 Å². The van der Waals surface area contributed by atoms with E-state index in [-0.39, 0.29) is 16.5 Å². The molecule has 0 radical (unpaired) electrons. The molecule has 0 atom stereocenters. The van der Waals surface area contributed by atoms with Crippen LogP contribution in [0.1, 0.15) is 19.3 Å². The number of anilines is 1. The highest BCUT2D eigenvalue weighted by molar-refractivity contribution is 7.98. The molecule has 1 aliphatic heterocycles. The standard InChI is InChI=1S/C14H16ClFN4OS/c1-21-13-8-10(9(16)11(15)18-13)17-14(22-2)19-12(8)20-6-4-3-5-7-20/h3-7H2,1-2H3. The summed E-state index contributed by atoms with van der Waals surface area (Å²) in [5.41, 5.74) is 0.164. The number of hydrogen-bond acceptors (Lipinski definition) is 6. The number of methoxy groups -OCH3 is 1. The van der Waals surface area contributed by atoms with Gasteiger partial charge in [-0.1, -0.05) is 23.4 Å². The first-order valence-corrected chi connectivity index (χ1v) is 8.65. The number of ether oxygens (including phenoxy) is 1. The fourth-order valence-electron chi connectivity index (χ4n) is 2.65. The van der Waals surface area contributed by atoms with Gasteiger partial charge in [0.15, 0.2) is 16.1 Å². The van der Waals surface area contributed by atoms with E-state index in [1.165, 1.54) is 25.3 Å². The van der Waals surface area contributed by atoms with Crippen LogP contribution in [0.4, 0.5) is 10.2 Å². The SMILES string of the molecule is COc1nc(Cl)c(F)c2nc(SC)nc(N3CCCCC3)c12. The molecule has 2 aromatic rings. The maximum atomic E-state index is 14.4. The molecule has 5 nitrogen and oxygen atoms in total. The fourth-order valence-corrected chi connectivity index (χ4v) is 3.18. The number of pyridine rings is 1. The van der Waals surface area contributed by atoms with Crippen molar-refractivity contribution in [2.24, 2.45) is 0 Å². The minimum Gasteiger partial charge on any atom is -0.480 e. The zero-order valence-corrected chi connectivity index (χ0v) is 14.0. The van der Waals surface area contributed by atoms with Gasteiger partial charge in [0.1, 0.15) is 16.7 Å². The molecule has 0 amide bonds. The summed E-state index contributed by atoms with van der Waals surface area (Å²) in [6, 6.07) is 0. The number of thioether (sulfide) groups is 1. The Kier molecular flexibility index (Phi) is 4.54. The molecule has 0 unspecified atom stereocenters. The summed E-state index contributed by atoms with van der Waals surface area (Å²) in [4.78, 5) is 15.0. The van der Waals surface area contributed by atoms with Crippen molar-refractivity contribution in [3.63, 3.8) is 0 Å².